The lowest BCUT2D eigenvalue weighted by molar-refractivity contribution is -0.126. The second-order valence-corrected chi connectivity index (χ2v) is 6.10. The summed E-state index contributed by atoms with van der Waals surface area (Å²) in [6, 6.07) is 8.91. The standard InChI is InChI=1S/C19H19NO5/c1-11-10-16(21)24-12(2)17(11)19(23)25-13(3)18(22)20-9-8-14-6-4-5-7-15(14)20/h4-7,10,13H,8-9H2,1-3H3. The number of rotatable bonds is 3. The summed E-state index contributed by atoms with van der Waals surface area (Å²) in [5, 5.41) is 0. The highest BCUT2D eigenvalue weighted by Crippen LogP contribution is 2.28. The van der Waals surface area contributed by atoms with Gasteiger partial charge in [0.15, 0.2) is 6.10 Å². The molecule has 1 atom stereocenters. The lowest BCUT2D eigenvalue weighted by Crippen LogP contribution is -2.39. The Morgan fingerprint density at radius 2 is 1.96 bits per heavy atom. The van der Waals surface area contributed by atoms with Crippen molar-refractivity contribution in [2.45, 2.75) is 33.3 Å². The third kappa shape index (κ3) is 3.20. The van der Waals surface area contributed by atoms with Crippen LogP contribution in [0.25, 0.3) is 0 Å². The fraction of sp³-hybridized carbons (Fsp3) is 0.316. The zero-order valence-corrected chi connectivity index (χ0v) is 14.4. The van der Waals surface area contributed by atoms with Crippen molar-refractivity contribution >= 4 is 17.6 Å². The number of esters is 1. The van der Waals surface area contributed by atoms with Crippen molar-refractivity contribution in [3.05, 3.63) is 63.2 Å². The number of carbonyl (C=O) groups is 2. The van der Waals surface area contributed by atoms with Crippen LogP contribution in [0.1, 0.15) is 34.2 Å². The second kappa shape index (κ2) is 6.55. The lowest BCUT2D eigenvalue weighted by atomic mass is 10.1. The maximum atomic E-state index is 12.7. The minimum Gasteiger partial charge on any atom is -0.449 e. The first-order chi connectivity index (χ1) is 11.9. The van der Waals surface area contributed by atoms with Gasteiger partial charge in [0.1, 0.15) is 11.3 Å². The van der Waals surface area contributed by atoms with E-state index < -0.39 is 17.7 Å². The molecule has 1 amide bonds. The van der Waals surface area contributed by atoms with Crippen molar-refractivity contribution in [3.8, 4) is 0 Å². The highest BCUT2D eigenvalue weighted by molar-refractivity contribution is 6.00. The highest BCUT2D eigenvalue weighted by Gasteiger charge is 2.30. The fourth-order valence-electron chi connectivity index (χ4n) is 3.12. The molecule has 130 valence electrons. The summed E-state index contributed by atoms with van der Waals surface area (Å²) < 4.78 is 10.3. The molecule has 2 aromatic rings. The summed E-state index contributed by atoms with van der Waals surface area (Å²) in [6.07, 6.45) is -0.158. The first kappa shape index (κ1) is 17.0. The molecule has 1 aromatic carbocycles. The van der Waals surface area contributed by atoms with Gasteiger partial charge in [-0.25, -0.2) is 9.59 Å². The quantitative estimate of drug-likeness (QED) is 0.801. The first-order valence-electron chi connectivity index (χ1n) is 8.10. The van der Waals surface area contributed by atoms with Crippen molar-refractivity contribution in [2.24, 2.45) is 0 Å². The van der Waals surface area contributed by atoms with Crippen LogP contribution in [0.5, 0.6) is 0 Å². The molecule has 0 saturated carbocycles. The van der Waals surface area contributed by atoms with Gasteiger partial charge in [0, 0.05) is 18.3 Å². The number of fused-ring (bicyclic) bond motifs is 1. The molecule has 3 rings (SSSR count). The van der Waals surface area contributed by atoms with E-state index >= 15 is 0 Å². The molecular formula is C19H19NO5. The molecule has 1 aliphatic rings. The molecule has 0 N–H and O–H groups in total. The summed E-state index contributed by atoms with van der Waals surface area (Å²) >= 11 is 0. The molecule has 1 aromatic heterocycles. The molecule has 25 heavy (non-hydrogen) atoms. The summed E-state index contributed by atoms with van der Waals surface area (Å²) in [5.41, 5.74) is 2.08. The van der Waals surface area contributed by atoms with Gasteiger partial charge in [-0.3, -0.25) is 4.79 Å². The van der Waals surface area contributed by atoms with Gasteiger partial charge in [-0.05, 0) is 44.4 Å². The Bertz CT molecular complexity index is 873. The van der Waals surface area contributed by atoms with Crippen LogP contribution < -0.4 is 10.5 Å². The largest absolute Gasteiger partial charge is 0.449 e. The van der Waals surface area contributed by atoms with Crippen LogP contribution in [0.3, 0.4) is 0 Å². The highest BCUT2D eigenvalue weighted by atomic mass is 16.5. The van der Waals surface area contributed by atoms with Gasteiger partial charge in [-0.1, -0.05) is 18.2 Å². The Morgan fingerprint density at radius 1 is 1.24 bits per heavy atom. The summed E-state index contributed by atoms with van der Waals surface area (Å²) in [4.78, 5) is 38.1. The van der Waals surface area contributed by atoms with Crippen LogP contribution in [0.15, 0.2) is 39.5 Å². The molecule has 0 fully saturated rings. The number of hydrogen-bond acceptors (Lipinski definition) is 5. The predicted octanol–water partition coefficient (Wildman–Crippen LogP) is 2.39. The van der Waals surface area contributed by atoms with Crippen molar-refractivity contribution in [1.82, 2.24) is 0 Å². The molecule has 6 nitrogen and oxygen atoms in total. The molecule has 1 unspecified atom stereocenters. The minimum atomic E-state index is -0.940. The smallest absolute Gasteiger partial charge is 0.342 e. The van der Waals surface area contributed by atoms with Crippen molar-refractivity contribution in [1.29, 1.82) is 0 Å². The zero-order chi connectivity index (χ0) is 18.1. The first-order valence-corrected chi connectivity index (χ1v) is 8.10. The van der Waals surface area contributed by atoms with Gasteiger partial charge in [0.2, 0.25) is 0 Å². The van der Waals surface area contributed by atoms with Gasteiger partial charge < -0.3 is 14.1 Å². The number of aryl methyl sites for hydroxylation is 2. The van der Waals surface area contributed by atoms with Crippen molar-refractivity contribution in [2.75, 3.05) is 11.4 Å². The van der Waals surface area contributed by atoms with E-state index in [4.69, 9.17) is 9.15 Å². The predicted molar refractivity (Wildman–Crippen MR) is 91.8 cm³/mol. The molecule has 0 spiro atoms. The van der Waals surface area contributed by atoms with Gasteiger partial charge in [-0.15, -0.1) is 0 Å². The SMILES string of the molecule is Cc1cc(=O)oc(C)c1C(=O)OC(C)C(=O)N1CCc2ccccc21. The third-order valence-electron chi connectivity index (χ3n) is 4.32. The van der Waals surface area contributed by atoms with Gasteiger partial charge in [0.25, 0.3) is 5.91 Å². The van der Waals surface area contributed by atoms with E-state index in [1.165, 1.54) is 13.0 Å². The van der Waals surface area contributed by atoms with Crippen molar-refractivity contribution in [3.63, 3.8) is 0 Å². The Kier molecular flexibility index (Phi) is 4.44. The van der Waals surface area contributed by atoms with Crippen LogP contribution in [0, 0.1) is 13.8 Å². The van der Waals surface area contributed by atoms with Crippen LogP contribution in [-0.2, 0) is 16.0 Å². The van der Waals surface area contributed by atoms with Crippen LogP contribution >= 0.6 is 0 Å². The number of ether oxygens (including phenoxy) is 1. The molecule has 6 heteroatoms. The minimum absolute atomic E-state index is 0.182. The summed E-state index contributed by atoms with van der Waals surface area (Å²) in [5.74, 6) is -0.765. The van der Waals surface area contributed by atoms with E-state index in [1.807, 2.05) is 24.3 Å². The normalized spacial score (nSPS) is 14.1. The Balaban J connectivity index is 1.77. The fourth-order valence-corrected chi connectivity index (χ4v) is 3.12. The second-order valence-electron chi connectivity index (χ2n) is 6.10. The number of benzene rings is 1. The van der Waals surface area contributed by atoms with Crippen LogP contribution in [-0.4, -0.2) is 24.5 Å². The maximum absolute atomic E-state index is 12.7. The molecule has 0 aliphatic carbocycles. The molecule has 1 aliphatic heterocycles. The molecule has 0 saturated heterocycles. The van der Waals surface area contributed by atoms with Crippen molar-refractivity contribution < 1.29 is 18.7 Å². The lowest BCUT2D eigenvalue weighted by Gasteiger charge is -2.22. The average Bonchev–Trinajstić information content (AvgIpc) is 2.97. The van der Waals surface area contributed by atoms with Gasteiger partial charge in [-0.2, -0.15) is 0 Å². The van der Waals surface area contributed by atoms with E-state index in [-0.39, 0.29) is 17.2 Å². The Hall–Kier alpha value is -2.89. The Labute approximate surface area is 145 Å². The maximum Gasteiger partial charge on any atom is 0.342 e. The number of carbonyl (C=O) groups excluding carboxylic acids is 2. The van der Waals surface area contributed by atoms with Crippen LogP contribution in [0.4, 0.5) is 5.69 Å². The van der Waals surface area contributed by atoms with E-state index in [0.29, 0.717) is 12.1 Å². The summed E-state index contributed by atoms with van der Waals surface area (Å²) in [7, 11) is 0. The number of amides is 1. The molecule has 0 bridgehead atoms. The molecule has 2 heterocycles. The number of nitrogens with zero attached hydrogens (tertiary/aromatic N) is 1. The monoisotopic (exact) mass is 341 g/mol. The van der Waals surface area contributed by atoms with E-state index in [1.54, 1.807) is 18.7 Å². The van der Waals surface area contributed by atoms with Gasteiger partial charge >= 0.3 is 11.6 Å². The van der Waals surface area contributed by atoms with Crippen LogP contribution in [0.2, 0.25) is 0 Å². The average molecular weight is 341 g/mol. The third-order valence-corrected chi connectivity index (χ3v) is 4.32. The topological polar surface area (TPSA) is 76.8 Å². The van der Waals surface area contributed by atoms with E-state index in [2.05, 4.69) is 0 Å². The van der Waals surface area contributed by atoms with Gasteiger partial charge in [0.05, 0.1) is 0 Å². The zero-order valence-electron chi connectivity index (χ0n) is 14.4. The number of hydrogen-bond donors (Lipinski definition) is 0. The number of para-hydroxylation sites is 1. The molecule has 0 radical (unpaired) electrons. The summed E-state index contributed by atoms with van der Waals surface area (Å²) in [6.45, 7) is 5.27. The number of anilines is 1. The Morgan fingerprint density at radius 3 is 2.68 bits per heavy atom. The van der Waals surface area contributed by atoms with E-state index in [0.717, 1.165) is 17.7 Å². The van der Waals surface area contributed by atoms with E-state index in [9.17, 15) is 14.4 Å². The molecular weight excluding hydrogens is 322 g/mol.